The number of rotatable bonds is 8. The van der Waals surface area contributed by atoms with Crippen molar-refractivity contribution >= 4 is 17.5 Å². The van der Waals surface area contributed by atoms with E-state index in [0.29, 0.717) is 6.54 Å². The van der Waals surface area contributed by atoms with Crippen LogP contribution in [-0.4, -0.2) is 17.9 Å². The molecule has 3 nitrogen and oxygen atoms in total. The van der Waals surface area contributed by atoms with Crippen LogP contribution >= 0.6 is 0 Å². The Morgan fingerprint density at radius 1 is 1.15 bits per heavy atom. The fourth-order valence-electron chi connectivity index (χ4n) is 2.13. The Balaban J connectivity index is 2.86. The van der Waals surface area contributed by atoms with Gasteiger partial charge in [0.25, 0.3) is 0 Å². The Hall–Kier alpha value is -2.55. The van der Waals surface area contributed by atoms with Gasteiger partial charge in [-0.1, -0.05) is 59.1 Å². The Morgan fingerprint density at radius 2 is 1.77 bits per heavy atom. The lowest BCUT2D eigenvalue weighted by Crippen LogP contribution is -2.16. The first-order valence-electron chi connectivity index (χ1n) is 8.90. The first kappa shape index (κ1) is 21.5. The summed E-state index contributed by atoms with van der Waals surface area (Å²) in [6, 6.07) is 5.36. The quantitative estimate of drug-likeness (QED) is 0.568. The molecule has 3 heteroatoms. The van der Waals surface area contributed by atoms with E-state index in [1.165, 1.54) is 0 Å². The second-order valence-corrected chi connectivity index (χ2v) is 7.52. The van der Waals surface area contributed by atoms with Gasteiger partial charge in [0, 0.05) is 35.1 Å². The van der Waals surface area contributed by atoms with Crippen LogP contribution in [0, 0.1) is 5.41 Å². The van der Waals surface area contributed by atoms with Gasteiger partial charge in [-0.25, -0.2) is 0 Å². The third-order valence-electron chi connectivity index (χ3n) is 3.98. The molecule has 0 aromatic heterocycles. The molecule has 0 saturated heterocycles. The minimum absolute atomic E-state index is 0.0502. The van der Waals surface area contributed by atoms with Gasteiger partial charge >= 0.3 is 0 Å². The van der Waals surface area contributed by atoms with Gasteiger partial charge in [0.15, 0.2) is 0 Å². The third kappa shape index (κ3) is 6.75. The Labute approximate surface area is 158 Å². The molecule has 0 radical (unpaired) electrons. The van der Waals surface area contributed by atoms with Crippen LogP contribution in [0.1, 0.15) is 52.2 Å². The molecule has 0 saturated carbocycles. The molecule has 0 aliphatic carbocycles. The average Bonchev–Trinajstić information content (AvgIpc) is 2.55. The zero-order chi connectivity index (χ0) is 19.9. The molecule has 1 aromatic carbocycles. The molecule has 1 rings (SSSR count). The molecule has 0 atom stereocenters. The Morgan fingerprint density at radius 3 is 2.31 bits per heavy atom. The maximum Gasteiger partial charge on any atom is 0.116 e. The van der Waals surface area contributed by atoms with Gasteiger partial charge in [0.1, 0.15) is 5.75 Å². The number of aromatic hydroxyl groups is 1. The zero-order valence-electron chi connectivity index (χ0n) is 16.8. The second-order valence-electron chi connectivity index (χ2n) is 7.52. The highest BCUT2D eigenvalue weighted by Gasteiger charge is 2.13. The van der Waals surface area contributed by atoms with Crippen LogP contribution in [0.3, 0.4) is 0 Å². The van der Waals surface area contributed by atoms with E-state index in [-0.39, 0.29) is 11.2 Å². The van der Waals surface area contributed by atoms with Crippen molar-refractivity contribution in [1.82, 2.24) is 5.32 Å². The highest BCUT2D eigenvalue weighted by molar-refractivity contribution is 5.80. The normalized spacial score (nSPS) is 12.3. The lowest BCUT2D eigenvalue weighted by Gasteiger charge is -2.18. The van der Waals surface area contributed by atoms with Crippen LogP contribution in [-0.2, 0) is 0 Å². The van der Waals surface area contributed by atoms with Crippen LogP contribution in [0.4, 0.5) is 0 Å². The summed E-state index contributed by atoms with van der Waals surface area (Å²) in [5, 5.41) is 13.2. The minimum Gasteiger partial charge on any atom is -0.508 e. The number of hydrogen-bond donors (Lipinski definition) is 2. The summed E-state index contributed by atoms with van der Waals surface area (Å²) in [5.41, 5.74) is 5.25. The topological polar surface area (TPSA) is 44.6 Å². The van der Waals surface area contributed by atoms with E-state index in [9.17, 15) is 5.11 Å². The first-order valence-corrected chi connectivity index (χ1v) is 8.90. The van der Waals surface area contributed by atoms with Crippen molar-refractivity contribution < 1.29 is 5.11 Å². The van der Waals surface area contributed by atoms with Crippen molar-refractivity contribution in [3.05, 3.63) is 66.4 Å². The predicted octanol–water partition coefficient (Wildman–Crippen LogP) is 5.95. The molecule has 0 aliphatic heterocycles. The second kappa shape index (κ2) is 9.23. The van der Waals surface area contributed by atoms with Crippen LogP contribution in [0.15, 0.2) is 60.3 Å². The molecule has 140 valence electrons. The molecular formula is C23H32N2O. The number of nitrogens with one attached hydrogen (secondary N) is 1. The van der Waals surface area contributed by atoms with Gasteiger partial charge in [-0.15, -0.1) is 0 Å². The van der Waals surface area contributed by atoms with E-state index in [0.717, 1.165) is 40.1 Å². The smallest absolute Gasteiger partial charge is 0.116 e. The number of nitrogens with zero attached hydrogens (tertiary/aromatic N) is 1. The summed E-state index contributed by atoms with van der Waals surface area (Å²) in [5.74, 6) is 0.204. The van der Waals surface area contributed by atoms with Crippen molar-refractivity contribution in [1.29, 1.82) is 0 Å². The van der Waals surface area contributed by atoms with E-state index in [2.05, 4.69) is 63.8 Å². The number of hydrogen-bond acceptors (Lipinski definition) is 3. The van der Waals surface area contributed by atoms with Crippen molar-refractivity contribution in [2.45, 2.75) is 41.0 Å². The van der Waals surface area contributed by atoms with Gasteiger partial charge in [-0.3, -0.25) is 4.99 Å². The maximum atomic E-state index is 9.92. The van der Waals surface area contributed by atoms with Crippen molar-refractivity contribution in [2.75, 3.05) is 6.54 Å². The van der Waals surface area contributed by atoms with E-state index >= 15 is 0 Å². The summed E-state index contributed by atoms with van der Waals surface area (Å²) >= 11 is 0. The summed E-state index contributed by atoms with van der Waals surface area (Å²) in [4.78, 5) is 4.51. The van der Waals surface area contributed by atoms with Crippen molar-refractivity contribution in [2.24, 2.45) is 10.4 Å². The van der Waals surface area contributed by atoms with Gasteiger partial charge in [0.2, 0.25) is 0 Å². The molecule has 0 aliphatic rings. The molecule has 0 spiro atoms. The summed E-state index contributed by atoms with van der Waals surface area (Å²) in [7, 11) is 0. The molecule has 26 heavy (non-hydrogen) atoms. The van der Waals surface area contributed by atoms with E-state index in [4.69, 9.17) is 0 Å². The summed E-state index contributed by atoms with van der Waals surface area (Å²) < 4.78 is 0. The largest absolute Gasteiger partial charge is 0.508 e. The monoisotopic (exact) mass is 352 g/mol. The number of aliphatic imine (C=N–C) groups is 1. The number of phenols is 1. The maximum absolute atomic E-state index is 9.92. The highest BCUT2D eigenvalue weighted by atomic mass is 16.3. The number of allylic oxidation sites excluding steroid dienone is 3. The molecule has 2 N–H and O–H groups in total. The molecule has 0 amide bonds. The number of benzene rings is 1. The summed E-state index contributed by atoms with van der Waals surface area (Å²) in [6.07, 6.45) is 4.91. The SMILES string of the molecule is C=C(C)c1cc(O)cc(C(=C)NCC(/C=N\C(=C)C(C)(C)C)=C/CC)c1. The molecule has 0 fully saturated rings. The Kier molecular flexibility index (Phi) is 7.63. The molecule has 1 aromatic rings. The van der Waals surface area contributed by atoms with Gasteiger partial charge in [-0.2, -0.15) is 0 Å². The third-order valence-corrected chi connectivity index (χ3v) is 3.98. The fraction of sp³-hybridized carbons (Fsp3) is 0.348. The van der Waals surface area contributed by atoms with Crippen LogP contribution in [0.5, 0.6) is 5.75 Å². The van der Waals surface area contributed by atoms with E-state index in [1.807, 2.05) is 19.2 Å². The molecule has 0 bridgehead atoms. The van der Waals surface area contributed by atoms with E-state index < -0.39 is 0 Å². The molecule has 0 heterocycles. The van der Waals surface area contributed by atoms with Gasteiger partial charge < -0.3 is 10.4 Å². The van der Waals surface area contributed by atoms with Gasteiger partial charge in [-0.05, 0) is 42.7 Å². The summed E-state index contributed by atoms with van der Waals surface area (Å²) in [6.45, 7) is 23.0. The van der Waals surface area contributed by atoms with Crippen molar-refractivity contribution in [3.63, 3.8) is 0 Å². The first-order chi connectivity index (χ1) is 12.0. The highest BCUT2D eigenvalue weighted by Crippen LogP contribution is 2.25. The minimum atomic E-state index is -0.0502. The van der Waals surface area contributed by atoms with Crippen molar-refractivity contribution in [3.8, 4) is 5.75 Å². The molecular weight excluding hydrogens is 320 g/mol. The molecule has 0 unspecified atom stereocenters. The van der Waals surface area contributed by atoms with Crippen LogP contribution in [0.25, 0.3) is 11.3 Å². The van der Waals surface area contributed by atoms with Crippen LogP contribution in [0.2, 0.25) is 0 Å². The standard InChI is InChI=1S/C23H32N2O/c1-9-10-19(15-25-18(5)23(6,7)8)14-24-17(4)21-11-20(16(2)3)12-22(26)13-21/h10-13,15,24,26H,2,4-5,9,14H2,1,3,6-8H3/b19-10-,25-15-. The number of phenolic OH excluding ortho intramolecular Hbond substituents is 1. The lowest BCUT2D eigenvalue weighted by atomic mass is 9.93. The zero-order valence-corrected chi connectivity index (χ0v) is 16.8. The fourth-order valence-corrected chi connectivity index (χ4v) is 2.13. The predicted molar refractivity (Wildman–Crippen MR) is 115 cm³/mol. The van der Waals surface area contributed by atoms with E-state index in [1.54, 1.807) is 12.1 Å². The van der Waals surface area contributed by atoms with Crippen LogP contribution < -0.4 is 5.32 Å². The Bertz CT molecular complexity index is 746. The average molecular weight is 353 g/mol. The van der Waals surface area contributed by atoms with Gasteiger partial charge in [0.05, 0.1) is 0 Å². The lowest BCUT2D eigenvalue weighted by molar-refractivity contribution is 0.475.